The van der Waals surface area contributed by atoms with E-state index in [2.05, 4.69) is 18.7 Å². The van der Waals surface area contributed by atoms with E-state index in [0.29, 0.717) is 6.61 Å². The Morgan fingerprint density at radius 1 is 1.43 bits per heavy atom. The Kier molecular flexibility index (Phi) is 6.43. The lowest BCUT2D eigenvalue weighted by Gasteiger charge is -2.23. The topological polar surface area (TPSA) is 38.7 Å². The average Bonchev–Trinajstić information content (AvgIpc) is 2.94. The fraction of sp³-hybridized carbons (Fsp3) is 0.556. The van der Waals surface area contributed by atoms with Gasteiger partial charge in [-0.3, -0.25) is 0 Å². The van der Waals surface area contributed by atoms with Gasteiger partial charge in [0.2, 0.25) is 0 Å². The maximum Gasteiger partial charge on any atom is 0.0888 e. The van der Waals surface area contributed by atoms with Gasteiger partial charge in [-0.1, -0.05) is 43.3 Å². The van der Waals surface area contributed by atoms with Crippen molar-refractivity contribution >= 4 is 0 Å². The van der Waals surface area contributed by atoms with Gasteiger partial charge in [-0.05, 0) is 18.4 Å². The molecule has 1 aromatic carbocycles. The number of hydrogen-bond acceptors (Lipinski definition) is 3. The van der Waals surface area contributed by atoms with Gasteiger partial charge in [0.05, 0.1) is 24.9 Å². The van der Waals surface area contributed by atoms with E-state index in [0.717, 1.165) is 19.3 Å². The van der Waals surface area contributed by atoms with Crippen molar-refractivity contribution in [1.82, 2.24) is 0 Å². The van der Waals surface area contributed by atoms with Crippen LogP contribution in [0.4, 0.5) is 0 Å². The average molecular weight is 290 g/mol. The highest BCUT2D eigenvalue weighted by atomic mass is 16.6. The van der Waals surface area contributed by atoms with Crippen LogP contribution in [0.25, 0.3) is 0 Å². The zero-order valence-corrected chi connectivity index (χ0v) is 12.8. The van der Waals surface area contributed by atoms with Gasteiger partial charge in [0.1, 0.15) is 0 Å². The summed E-state index contributed by atoms with van der Waals surface area (Å²) in [4.78, 5) is 0. The molecule has 1 N–H and O–H groups in total. The minimum atomic E-state index is -0.0199. The molecule has 1 heterocycles. The molecule has 0 saturated carbocycles. The molecule has 1 saturated heterocycles. The number of aliphatic hydroxyl groups excluding tert-OH is 1. The molecule has 4 atom stereocenters. The molecular weight excluding hydrogens is 264 g/mol. The third-order valence-corrected chi connectivity index (χ3v) is 4.06. The molecule has 0 radical (unpaired) electrons. The monoisotopic (exact) mass is 290 g/mol. The molecule has 1 aromatic rings. The van der Waals surface area contributed by atoms with Crippen LogP contribution in [0, 0.1) is 5.92 Å². The van der Waals surface area contributed by atoms with Crippen molar-refractivity contribution in [2.45, 2.75) is 51.1 Å². The van der Waals surface area contributed by atoms with Crippen molar-refractivity contribution in [2.75, 3.05) is 6.61 Å². The largest absolute Gasteiger partial charge is 0.396 e. The predicted molar refractivity (Wildman–Crippen MR) is 84.0 cm³/mol. The third-order valence-electron chi connectivity index (χ3n) is 4.06. The first-order valence-electron chi connectivity index (χ1n) is 7.77. The molecule has 0 aromatic heterocycles. The summed E-state index contributed by atoms with van der Waals surface area (Å²) in [6.07, 6.45) is 5.00. The van der Waals surface area contributed by atoms with Crippen molar-refractivity contribution in [3.05, 3.63) is 48.6 Å². The number of allylic oxidation sites excluding steroid dienone is 1. The first-order valence-corrected chi connectivity index (χ1v) is 7.77. The van der Waals surface area contributed by atoms with E-state index in [4.69, 9.17) is 9.47 Å². The van der Waals surface area contributed by atoms with Crippen LogP contribution < -0.4 is 0 Å². The molecule has 0 spiro atoms. The van der Waals surface area contributed by atoms with Crippen molar-refractivity contribution < 1.29 is 14.6 Å². The predicted octanol–water partition coefficient (Wildman–Crippen LogP) is 3.32. The number of benzene rings is 1. The highest BCUT2D eigenvalue weighted by Gasteiger charge is 2.38. The van der Waals surface area contributed by atoms with Crippen LogP contribution in [0.15, 0.2) is 43.0 Å². The molecule has 3 nitrogen and oxygen atoms in total. The number of rotatable bonds is 8. The first-order chi connectivity index (χ1) is 10.2. The highest BCUT2D eigenvalue weighted by molar-refractivity contribution is 5.13. The summed E-state index contributed by atoms with van der Waals surface area (Å²) in [5.41, 5.74) is 1.17. The van der Waals surface area contributed by atoms with E-state index >= 15 is 0 Å². The number of aliphatic hydroxyl groups is 1. The SMILES string of the molecule is C=CCC[C@H]1C[C@H](OCc2ccccc2)[C@@H]([C@@H](C)CO)O1. The highest BCUT2D eigenvalue weighted by Crippen LogP contribution is 2.31. The van der Waals surface area contributed by atoms with Crippen molar-refractivity contribution in [1.29, 1.82) is 0 Å². The van der Waals surface area contributed by atoms with Gasteiger partial charge >= 0.3 is 0 Å². The molecule has 21 heavy (non-hydrogen) atoms. The molecule has 0 aliphatic carbocycles. The molecule has 0 unspecified atom stereocenters. The molecular formula is C18H26O3. The summed E-state index contributed by atoms with van der Waals surface area (Å²) in [5.74, 6) is 0.0968. The first kappa shape index (κ1) is 16.2. The van der Waals surface area contributed by atoms with E-state index in [1.165, 1.54) is 5.56 Å². The van der Waals surface area contributed by atoms with E-state index in [-0.39, 0.29) is 30.8 Å². The molecule has 2 rings (SSSR count). The van der Waals surface area contributed by atoms with Gasteiger partial charge in [-0.15, -0.1) is 6.58 Å². The second kappa shape index (κ2) is 8.32. The molecule has 3 heteroatoms. The van der Waals surface area contributed by atoms with Gasteiger partial charge < -0.3 is 14.6 Å². The minimum Gasteiger partial charge on any atom is -0.396 e. The zero-order chi connectivity index (χ0) is 15.1. The van der Waals surface area contributed by atoms with Crippen LogP contribution >= 0.6 is 0 Å². The lowest BCUT2D eigenvalue weighted by atomic mass is 9.99. The summed E-state index contributed by atoms with van der Waals surface area (Å²) in [6.45, 7) is 6.50. The smallest absolute Gasteiger partial charge is 0.0888 e. The van der Waals surface area contributed by atoms with Crippen molar-refractivity contribution in [3.63, 3.8) is 0 Å². The lowest BCUT2D eigenvalue weighted by Crippen LogP contribution is -2.32. The standard InChI is InChI=1S/C18H26O3/c1-3-4-10-16-11-17(18(21-16)14(2)12-19)20-13-15-8-6-5-7-9-15/h3,5-9,14,16-19H,1,4,10-13H2,2H3/t14-,16-,17-,18+/m0/s1. The van der Waals surface area contributed by atoms with Crippen LogP contribution in [0.5, 0.6) is 0 Å². The van der Waals surface area contributed by atoms with E-state index in [9.17, 15) is 5.11 Å². The summed E-state index contributed by atoms with van der Waals surface area (Å²) < 4.78 is 12.2. The number of hydrogen-bond donors (Lipinski definition) is 1. The Labute approximate surface area is 127 Å². The summed E-state index contributed by atoms with van der Waals surface area (Å²) >= 11 is 0. The van der Waals surface area contributed by atoms with Gasteiger partial charge in [0.25, 0.3) is 0 Å². The van der Waals surface area contributed by atoms with Crippen molar-refractivity contribution in [2.24, 2.45) is 5.92 Å². The third kappa shape index (κ3) is 4.67. The maximum atomic E-state index is 9.41. The minimum absolute atomic E-state index is 0.0199. The zero-order valence-electron chi connectivity index (χ0n) is 12.8. The van der Waals surface area contributed by atoms with Gasteiger partial charge in [-0.25, -0.2) is 0 Å². The fourth-order valence-electron chi connectivity index (χ4n) is 2.79. The molecule has 1 aliphatic rings. The Balaban J connectivity index is 1.92. The summed E-state index contributed by atoms with van der Waals surface area (Å²) in [5, 5.41) is 9.41. The van der Waals surface area contributed by atoms with Crippen LogP contribution in [-0.2, 0) is 16.1 Å². The quantitative estimate of drug-likeness (QED) is 0.746. The molecule has 1 fully saturated rings. The Morgan fingerprint density at radius 2 is 2.19 bits per heavy atom. The maximum absolute atomic E-state index is 9.41. The van der Waals surface area contributed by atoms with E-state index in [1.807, 2.05) is 31.2 Å². The van der Waals surface area contributed by atoms with Crippen LogP contribution in [0.1, 0.15) is 31.7 Å². The Hall–Kier alpha value is -1.16. The molecule has 116 valence electrons. The molecule has 1 aliphatic heterocycles. The fourth-order valence-corrected chi connectivity index (χ4v) is 2.79. The van der Waals surface area contributed by atoms with Gasteiger partial charge in [-0.2, -0.15) is 0 Å². The van der Waals surface area contributed by atoms with E-state index < -0.39 is 0 Å². The van der Waals surface area contributed by atoms with E-state index in [1.54, 1.807) is 0 Å². The number of ether oxygens (including phenoxy) is 2. The molecule has 0 amide bonds. The second-order valence-corrected chi connectivity index (χ2v) is 5.82. The summed E-state index contributed by atoms with van der Waals surface area (Å²) in [6, 6.07) is 10.2. The van der Waals surface area contributed by atoms with Gasteiger partial charge in [0, 0.05) is 18.9 Å². The van der Waals surface area contributed by atoms with Gasteiger partial charge in [0.15, 0.2) is 0 Å². The van der Waals surface area contributed by atoms with Crippen LogP contribution in [0.3, 0.4) is 0 Å². The van der Waals surface area contributed by atoms with Crippen LogP contribution in [0.2, 0.25) is 0 Å². The normalized spacial score (nSPS) is 26.7. The van der Waals surface area contributed by atoms with Crippen molar-refractivity contribution in [3.8, 4) is 0 Å². The van der Waals surface area contributed by atoms with Crippen LogP contribution in [-0.4, -0.2) is 30.0 Å². The Bertz CT molecular complexity index is 418. The summed E-state index contributed by atoms with van der Waals surface area (Å²) in [7, 11) is 0. The molecule has 0 bridgehead atoms. The lowest BCUT2D eigenvalue weighted by molar-refractivity contribution is -0.0632. The second-order valence-electron chi connectivity index (χ2n) is 5.82. The Morgan fingerprint density at radius 3 is 2.86 bits per heavy atom.